The first-order valence-corrected chi connectivity index (χ1v) is 7.28. The third-order valence-corrected chi connectivity index (χ3v) is 3.00. The lowest BCUT2D eigenvalue weighted by Crippen LogP contribution is -2.47. The van der Waals surface area contributed by atoms with Gasteiger partial charge in [0.15, 0.2) is 0 Å². The van der Waals surface area contributed by atoms with E-state index in [0.717, 1.165) is 5.56 Å². The molecule has 0 aliphatic rings. The van der Waals surface area contributed by atoms with Gasteiger partial charge in [0.1, 0.15) is 6.61 Å². The van der Waals surface area contributed by atoms with Gasteiger partial charge in [0, 0.05) is 12.1 Å². The summed E-state index contributed by atoms with van der Waals surface area (Å²) >= 11 is 0. The molecule has 0 aliphatic carbocycles. The van der Waals surface area contributed by atoms with Crippen LogP contribution in [0.4, 0.5) is 0 Å². The number of hydrogen-bond acceptors (Lipinski definition) is 5. The topological polar surface area (TPSA) is 79.5 Å². The molecule has 1 amide bonds. The number of ether oxygens (including phenoxy) is 1. The van der Waals surface area contributed by atoms with Crippen molar-refractivity contribution in [3.8, 4) is 0 Å². The highest BCUT2D eigenvalue weighted by atomic mass is 16.5. The summed E-state index contributed by atoms with van der Waals surface area (Å²) in [5, 5.41) is 0. The van der Waals surface area contributed by atoms with E-state index >= 15 is 0 Å². The van der Waals surface area contributed by atoms with Crippen LogP contribution in [0.5, 0.6) is 0 Å². The van der Waals surface area contributed by atoms with E-state index in [0.29, 0.717) is 12.1 Å². The van der Waals surface area contributed by atoms with Gasteiger partial charge in [0.05, 0.1) is 6.42 Å². The SMILES string of the molecule is O=C(CCNNNC(=O)c1ccccc1)OCc1ccccc1. The van der Waals surface area contributed by atoms with Crippen LogP contribution in [0.1, 0.15) is 22.3 Å². The van der Waals surface area contributed by atoms with E-state index in [1.807, 2.05) is 36.4 Å². The van der Waals surface area contributed by atoms with Crippen LogP contribution in [0, 0.1) is 0 Å². The fourth-order valence-electron chi connectivity index (χ4n) is 1.80. The molecule has 0 unspecified atom stereocenters. The van der Waals surface area contributed by atoms with Gasteiger partial charge in [-0.1, -0.05) is 48.5 Å². The maximum Gasteiger partial charge on any atom is 0.307 e. The van der Waals surface area contributed by atoms with Crippen LogP contribution in [0.2, 0.25) is 0 Å². The van der Waals surface area contributed by atoms with Crippen molar-refractivity contribution in [2.75, 3.05) is 6.54 Å². The van der Waals surface area contributed by atoms with Crippen LogP contribution in [0.3, 0.4) is 0 Å². The first-order valence-electron chi connectivity index (χ1n) is 7.28. The Kier molecular flexibility index (Phi) is 6.77. The Morgan fingerprint density at radius 1 is 0.913 bits per heavy atom. The highest BCUT2D eigenvalue weighted by Crippen LogP contribution is 2.01. The van der Waals surface area contributed by atoms with Gasteiger partial charge in [-0.3, -0.25) is 15.0 Å². The van der Waals surface area contributed by atoms with Crippen molar-refractivity contribution in [3.05, 3.63) is 71.8 Å². The fourth-order valence-corrected chi connectivity index (χ4v) is 1.80. The molecule has 0 fully saturated rings. The van der Waals surface area contributed by atoms with Crippen molar-refractivity contribution < 1.29 is 14.3 Å². The number of rotatable bonds is 8. The minimum Gasteiger partial charge on any atom is -0.461 e. The zero-order valence-electron chi connectivity index (χ0n) is 12.6. The molecule has 2 aromatic rings. The molecule has 120 valence electrons. The summed E-state index contributed by atoms with van der Waals surface area (Å²) in [6, 6.07) is 18.3. The van der Waals surface area contributed by atoms with Gasteiger partial charge in [-0.05, 0) is 17.7 Å². The smallest absolute Gasteiger partial charge is 0.307 e. The molecular weight excluding hydrogens is 294 g/mol. The Balaban J connectivity index is 1.55. The van der Waals surface area contributed by atoms with Crippen molar-refractivity contribution in [2.45, 2.75) is 13.0 Å². The molecule has 2 rings (SSSR count). The summed E-state index contributed by atoms with van der Waals surface area (Å²) in [4.78, 5) is 23.3. The molecule has 0 aliphatic heterocycles. The molecule has 6 nitrogen and oxygen atoms in total. The van der Waals surface area contributed by atoms with Crippen molar-refractivity contribution >= 4 is 11.9 Å². The highest BCUT2D eigenvalue weighted by molar-refractivity contribution is 5.93. The van der Waals surface area contributed by atoms with Crippen LogP contribution >= 0.6 is 0 Å². The van der Waals surface area contributed by atoms with Gasteiger partial charge in [-0.2, -0.15) is 5.53 Å². The summed E-state index contributed by atoms with van der Waals surface area (Å²) in [5.41, 5.74) is 9.26. The van der Waals surface area contributed by atoms with Crippen molar-refractivity contribution in [1.29, 1.82) is 0 Å². The Hall–Kier alpha value is -2.70. The fraction of sp³-hybridized carbons (Fsp3) is 0.176. The van der Waals surface area contributed by atoms with Crippen molar-refractivity contribution in [3.63, 3.8) is 0 Å². The predicted molar refractivity (Wildman–Crippen MR) is 85.9 cm³/mol. The van der Waals surface area contributed by atoms with E-state index in [2.05, 4.69) is 16.4 Å². The number of nitrogens with one attached hydrogen (secondary N) is 3. The monoisotopic (exact) mass is 313 g/mol. The van der Waals surface area contributed by atoms with Gasteiger partial charge in [-0.15, -0.1) is 0 Å². The van der Waals surface area contributed by atoms with Crippen LogP contribution in [0.15, 0.2) is 60.7 Å². The summed E-state index contributed by atoms with van der Waals surface area (Å²) in [6.07, 6.45) is 0.195. The molecule has 0 atom stereocenters. The molecule has 23 heavy (non-hydrogen) atoms. The average molecular weight is 313 g/mol. The molecule has 2 aromatic carbocycles. The minimum absolute atomic E-state index is 0.195. The summed E-state index contributed by atoms with van der Waals surface area (Å²) in [5.74, 6) is -0.567. The highest BCUT2D eigenvalue weighted by Gasteiger charge is 2.04. The first kappa shape index (κ1) is 16.7. The molecule has 0 aromatic heterocycles. The van der Waals surface area contributed by atoms with E-state index in [9.17, 15) is 9.59 Å². The van der Waals surface area contributed by atoms with Gasteiger partial charge in [-0.25, -0.2) is 5.43 Å². The van der Waals surface area contributed by atoms with Gasteiger partial charge < -0.3 is 4.74 Å². The van der Waals surface area contributed by atoms with Gasteiger partial charge >= 0.3 is 5.97 Å². The van der Waals surface area contributed by atoms with E-state index in [1.54, 1.807) is 24.3 Å². The van der Waals surface area contributed by atoms with E-state index < -0.39 is 0 Å². The zero-order chi connectivity index (χ0) is 16.3. The molecule has 0 heterocycles. The van der Waals surface area contributed by atoms with Crippen LogP contribution in [0.25, 0.3) is 0 Å². The Morgan fingerprint density at radius 3 is 2.26 bits per heavy atom. The van der Waals surface area contributed by atoms with Crippen LogP contribution < -0.4 is 16.4 Å². The number of esters is 1. The molecular formula is C17H19N3O3. The number of carbonyl (C=O) groups excluding carboxylic acids is 2. The third-order valence-electron chi connectivity index (χ3n) is 3.00. The Bertz CT molecular complexity index is 617. The number of benzene rings is 2. The zero-order valence-corrected chi connectivity index (χ0v) is 12.6. The number of carbonyl (C=O) groups is 2. The standard InChI is InChI=1S/C17H19N3O3/c21-16(23-13-14-7-3-1-4-8-14)11-12-18-20-19-17(22)15-9-5-2-6-10-15/h1-10,18,20H,11-13H2,(H,19,22). The van der Waals surface area contributed by atoms with Gasteiger partial charge in [0.2, 0.25) is 0 Å². The maximum atomic E-state index is 11.7. The molecule has 3 N–H and O–H groups in total. The summed E-state index contributed by atoms with van der Waals surface area (Å²) < 4.78 is 5.13. The third kappa shape index (κ3) is 6.29. The lowest BCUT2D eigenvalue weighted by atomic mass is 10.2. The summed E-state index contributed by atoms with van der Waals surface area (Å²) in [7, 11) is 0. The summed E-state index contributed by atoms with van der Waals surface area (Å²) in [6.45, 7) is 0.598. The predicted octanol–water partition coefficient (Wildman–Crippen LogP) is 1.56. The van der Waals surface area contributed by atoms with E-state index in [4.69, 9.17) is 4.74 Å². The van der Waals surface area contributed by atoms with Crippen molar-refractivity contribution in [2.24, 2.45) is 0 Å². The van der Waals surface area contributed by atoms with Crippen LogP contribution in [-0.4, -0.2) is 18.4 Å². The number of hydrazine groups is 2. The second kappa shape index (κ2) is 9.34. The first-order chi connectivity index (χ1) is 11.3. The normalized spacial score (nSPS) is 10.1. The molecule has 6 heteroatoms. The second-order valence-corrected chi connectivity index (χ2v) is 4.77. The number of amides is 1. The van der Waals surface area contributed by atoms with Crippen LogP contribution in [-0.2, 0) is 16.1 Å². The quantitative estimate of drug-likeness (QED) is 0.391. The number of hydrogen-bond donors (Lipinski definition) is 3. The Morgan fingerprint density at radius 2 is 1.57 bits per heavy atom. The molecule has 0 spiro atoms. The minimum atomic E-state index is -0.308. The molecule has 0 bridgehead atoms. The van der Waals surface area contributed by atoms with E-state index in [1.165, 1.54) is 0 Å². The van der Waals surface area contributed by atoms with Crippen molar-refractivity contribution in [1.82, 2.24) is 16.4 Å². The molecule has 0 saturated carbocycles. The van der Waals surface area contributed by atoms with Gasteiger partial charge in [0.25, 0.3) is 5.91 Å². The van der Waals surface area contributed by atoms with E-state index in [-0.39, 0.29) is 24.9 Å². The Labute approximate surface area is 134 Å². The maximum absolute atomic E-state index is 11.7. The molecule has 0 radical (unpaired) electrons. The second-order valence-electron chi connectivity index (χ2n) is 4.77. The average Bonchev–Trinajstić information content (AvgIpc) is 2.61. The lowest BCUT2D eigenvalue weighted by Gasteiger charge is -2.09. The molecule has 0 saturated heterocycles. The largest absolute Gasteiger partial charge is 0.461 e. The lowest BCUT2D eigenvalue weighted by molar-refractivity contribution is -0.144.